The van der Waals surface area contributed by atoms with Gasteiger partial charge in [-0.25, -0.2) is 9.97 Å². The summed E-state index contributed by atoms with van der Waals surface area (Å²) in [6, 6.07) is 10.1. The van der Waals surface area contributed by atoms with Gasteiger partial charge in [0, 0.05) is 44.1 Å². The third-order valence-electron chi connectivity index (χ3n) is 4.26. The zero-order chi connectivity index (χ0) is 16.4. The Morgan fingerprint density at radius 2 is 1.88 bits per heavy atom. The van der Waals surface area contributed by atoms with E-state index in [9.17, 15) is 0 Å². The number of anilines is 1. The molecule has 0 radical (unpaired) electrons. The summed E-state index contributed by atoms with van der Waals surface area (Å²) < 4.78 is 0. The number of hydrogen-bond donors (Lipinski definition) is 0. The van der Waals surface area contributed by atoms with Crippen molar-refractivity contribution in [2.45, 2.75) is 0 Å². The number of hydrogen-bond acceptors (Lipinski definition) is 6. The topological polar surface area (TPSA) is 45.2 Å². The highest BCUT2D eigenvalue weighted by Crippen LogP contribution is 2.33. The zero-order valence-corrected chi connectivity index (χ0v) is 14.4. The van der Waals surface area contributed by atoms with Gasteiger partial charge in [-0.1, -0.05) is 12.1 Å². The predicted octanol–water partition coefficient (Wildman–Crippen LogP) is 3.02. The number of pyridine rings is 1. The van der Waals surface area contributed by atoms with E-state index >= 15 is 0 Å². The third-order valence-corrected chi connectivity index (χ3v) is 5.13. The lowest BCUT2D eigenvalue weighted by Gasteiger charge is -2.32. The molecule has 0 spiro atoms. The molecule has 0 N–H and O–H groups in total. The van der Waals surface area contributed by atoms with Crippen LogP contribution in [0.3, 0.4) is 0 Å². The van der Waals surface area contributed by atoms with Crippen molar-refractivity contribution in [1.82, 2.24) is 19.9 Å². The van der Waals surface area contributed by atoms with Gasteiger partial charge in [0.15, 0.2) is 0 Å². The quantitative estimate of drug-likeness (QED) is 0.735. The second kappa shape index (κ2) is 6.67. The van der Waals surface area contributed by atoms with Crippen LogP contribution in [0.15, 0.2) is 48.1 Å². The lowest BCUT2D eigenvalue weighted by Crippen LogP contribution is -2.45. The van der Waals surface area contributed by atoms with Crippen molar-refractivity contribution in [2.24, 2.45) is 0 Å². The van der Waals surface area contributed by atoms with Gasteiger partial charge < -0.3 is 9.80 Å². The van der Waals surface area contributed by atoms with E-state index < -0.39 is 0 Å². The molecule has 3 aromatic rings. The molecule has 1 aliphatic rings. The highest BCUT2D eigenvalue weighted by atomic mass is 32.1. The molecule has 5 nitrogen and oxygen atoms in total. The van der Waals surface area contributed by atoms with Crippen LogP contribution in [0.1, 0.15) is 0 Å². The van der Waals surface area contributed by atoms with Gasteiger partial charge in [0.25, 0.3) is 0 Å². The summed E-state index contributed by atoms with van der Waals surface area (Å²) >= 11 is 1.70. The zero-order valence-electron chi connectivity index (χ0n) is 13.6. The Hall–Kier alpha value is -2.31. The van der Waals surface area contributed by atoms with Crippen LogP contribution in [0.2, 0.25) is 0 Å². The average molecular weight is 337 g/mol. The van der Waals surface area contributed by atoms with Crippen molar-refractivity contribution in [3.05, 3.63) is 48.1 Å². The number of nitrogens with zero attached hydrogens (tertiary/aromatic N) is 5. The minimum Gasteiger partial charge on any atom is -0.338 e. The van der Waals surface area contributed by atoms with Crippen LogP contribution in [0.25, 0.3) is 21.8 Å². The molecule has 4 rings (SSSR count). The van der Waals surface area contributed by atoms with Crippen molar-refractivity contribution in [3.63, 3.8) is 0 Å². The minimum atomic E-state index is 0.811. The summed E-state index contributed by atoms with van der Waals surface area (Å²) in [4.78, 5) is 19.8. The first-order chi connectivity index (χ1) is 11.8. The summed E-state index contributed by atoms with van der Waals surface area (Å²) in [6.45, 7) is 4.01. The van der Waals surface area contributed by atoms with Gasteiger partial charge in [0.2, 0.25) is 5.95 Å². The van der Waals surface area contributed by atoms with Gasteiger partial charge in [-0.3, -0.25) is 4.98 Å². The number of piperazine rings is 1. The van der Waals surface area contributed by atoms with Gasteiger partial charge in [-0.15, -0.1) is 11.3 Å². The third kappa shape index (κ3) is 3.02. The maximum absolute atomic E-state index is 4.91. The van der Waals surface area contributed by atoms with Crippen LogP contribution < -0.4 is 4.90 Å². The SMILES string of the molecule is CN1CCN(c2ncc(-c3ccccn3)c(-c3cccs3)n2)CC1. The second-order valence-electron chi connectivity index (χ2n) is 5.91. The number of likely N-dealkylation sites (N-methyl/N-ethyl adjacent to an activating group) is 1. The monoisotopic (exact) mass is 337 g/mol. The van der Waals surface area contributed by atoms with Crippen LogP contribution in [0.4, 0.5) is 5.95 Å². The molecular weight excluding hydrogens is 318 g/mol. The van der Waals surface area contributed by atoms with Crippen LogP contribution in [0.5, 0.6) is 0 Å². The average Bonchev–Trinajstić information content (AvgIpc) is 3.17. The normalized spacial score (nSPS) is 15.6. The Kier molecular flexibility index (Phi) is 4.23. The summed E-state index contributed by atoms with van der Waals surface area (Å²) in [7, 11) is 2.15. The predicted molar refractivity (Wildman–Crippen MR) is 98.3 cm³/mol. The molecule has 4 heterocycles. The van der Waals surface area contributed by atoms with E-state index in [1.54, 1.807) is 11.3 Å². The fourth-order valence-corrected chi connectivity index (χ4v) is 3.57. The fraction of sp³-hybridized carbons (Fsp3) is 0.278. The standard InChI is InChI=1S/C18H19N5S/c1-22-8-10-23(11-9-22)18-20-13-14(15-5-2-3-7-19-15)17(21-18)16-6-4-12-24-16/h2-7,12-13H,8-11H2,1H3. The van der Waals surface area contributed by atoms with Gasteiger partial charge in [0.05, 0.1) is 16.3 Å². The van der Waals surface area contributed by atoms with Crippen molar-refractivity contribution in [2.75, 3.05) is 38.1 Å². The molecule has 1 aliphatic heterocycles. The van der Waals surface area contributed by atoms with Crippen molar-refractivity contribution >= 4 is 17.3 Å². The molecule has 1 saturated heterocycles. The number of rotatable bonds is 3. The smallest absolute Gasteiger partial charge is 0.226 e. The fourth-order valence-electron chi connectivity index (χ4n) is 2.84. The Balaban J connectivity index is 1.76. The Bertz CT molecular complexity index is 796. The van der Waals surface area contributed by atoms with E-state index in [-0.39, 0.29) is 0 Å². The van der Waals surface area contributed by atoms with E-state index in [1.165, 1.54) is 0 Å². The van der Waals surface area contributed by atoms with Crippen molar-refractivity contribution < 1.29 is 0 Å². The molecule has 3 aromatic heterocycles. The van der Waals surface area contributed by atoms with Crippen LogP contribution in [-0.4, -0.2) is 53.1 Å². The number of aromatic nitrogens is 3. The molecule has 0 aromatic carbocycles. The van der Waals surface area contributed by atoms with E-state index in [0.29, 0.717) is 0 Å². The van der Waals surface area contributed by atoms with Crippen molar-refractivity contribution in [1.29, 1.82) is 0 Å². The van der Waals surface area contributed by atoms with Crippen LogP contribution in [0, 0.1) is 0 Å². The Morgan fingerprint density at radius 1 is 1.00 bits per heavy atom. The molecule has 0 amide bonds. The lowest BCUT2D eigenvalue weighted by molar-refractivity contribution is 0.311. The molecule has 0 saturated carbocycles. The van der Waals surface area contributed by atoms with Crippen LogP contribution >= 0.6 is 11.3 Å². The lowest BCUT2D eigenvalue weighted by atomic mass is 10.1. The molecule has 122 valence electrons. The van der Waals surface area contributed by atoms with Gasteiger partial charge >= 0.3 is 0 Å². The maximum atomic E-state index is 4.91. The first-order valence-electron chi connectivity index (χ1n) is 8.07. The van der Waals surface area contributed by atoms with E-state index in [2.05, 4.69) is 44.3 Å². The Labute approximate surface area is 145 Å². The van der Waals surface area contributed by atoms with E-state index in [1.807, 2.05) is 30.6 Å². The van der Waals surface area contributed by atoms with E-state index in [0.717, 1.165) is 54.0 Å². The Morgan fingerprint density at radius 3 is 2.58 bits per heavy atom. The van der Waals surface area contributed by atoms with Gasteiger partial charge in [0.1, 0.15) is 0 Å². The van der Waals surface area contributed by atoms with E-state index in [4.69, 9.17) is 4.98 Å². The summed E-state index contributed by atoms with van der Waals surface area (Å²) in [6.07, 6.45) is 3.72. The minimum absolute atomic E-state index is 0.811. The van der Waals surface area contributed by atoms with Crippen LogP contribution in [-0.2, 0) is 0 Å². The highest BCUT2D eigenvalue weighted by molar-refractivity contribution is 7.13. The largest absolute Gasteiger partial charge is 0.338 e. The first-order valence-corrected chi connectivity index (χ1v) is 8.95. The molecule has 24 heavy (non-hydrogen) atoms. The molecule has 0 unspecified atom stereocenters. The van der Waals surface area contributed by atoms with Gasteiger partial charge in [-0.2, -0.15) is 0 Å². The van der Waals surface area contributed by atoms with Gasteiger partial charge in [-0.05, 0) is 30.6 Å². The number of thiophene rings is 1. The summed E-state index contributed by atoms with van der Waals surface area (Å²) in [5.41, 5.74) is 2.86. The second-order valence-corrected chi connectivity index (χ2v) is 6.86. The maximum Gasteiger partial charge on any atom is 0.226 e. The van der Waals surface area contributed by atoms with Crippen molar-refractivity contribution in [3.8, 4) is 21.8 Å². The first kappa shape index (κ1) is 15.2. The molecule has 0 atom stereocenters. The summed E-state index contributed by atoms with van der Waals surface area (Å²) in [5, 5.41) is 2.08. The molecule has 1 fully saturated rings. The summed E-state index contributed by atoms with van der Waals surface area (Å²) in [5.74, 6) is 0.811. The highest BCUT2D eigenvalue weighted by Gasteiger charge is 2.19. The molecule has 0 bridgehead atoms. The molecular formula is C18H19N5S. The molecule has 0 aliphatic carbocycles. The molecule has 6 heteroatoms.